The molecule has 0 bridgehead atoms. The Morgan fingerprint density at radius 3 is 2.56 bits per heavy atom. The van der Waals surface area contributed by atoms with E-state index in [9.17, 15) is 4.79 Å². The van der Waals surface area contributed by atoms with Crippen molar-refractivity contribution in [3.05, 3.63) is 24.4 Å². The Bertz CT molecular complexity index is 1350. The number of nitrogens with one attached hydrogen (secondary N) is 2. The zero-order chi connectivity index (χ0) is 27.5. The van der Waals surface area contributed by atoms with Gasteiger partial charge >= 0.3 is 6.09 Å². The number of piperidine rings is 1. The molecule has 3 atom stereocenters. The van der Waals surface area contributed by atoms with Crippen molar-refractivity contribution in [1.82, 2.24) is 19.7 Å². The summed E-state index contributed by atoms with van der Waals surface area (Å²) in [4.78, 5) is 20.5. The quantitative estimate of drug-likeness (QED) is 0.381. The number of fused-ring (bicyclic) bond motifs is 2. The van der Waals surface area contributed by atoms with Crippen LogP contribution in [-0.4, -0.2) is 62.6 Å². The zero-order valence-corrected chi connectivity index (χ0v) is 24.6. The van der Waals surface area contributed by atoms with E-state index in [-0.39, 0.29) is 17.9 Å². The molecule has 39 heavy (non-hydrogen) atoms. The highest BCUT2D eigenvalue weighted by molar-refractivity contribution is 7.22. The van der Waals surface area contributed by atoms with E-state index in [0.29, 0.717) is 17.9 Å². The van der Waals surface area contributed by atoms with E-state index in [1.807, 2.05) is 36.5 Å². The molecule has 3 fully saturated rings. The Morgan fingerprint density at radius 1 is 1.13 bits per heavy atom. The van der Waals surface area contributed by atoms with Crippen LogP contribution in [-0.2, 0) is 9.47 Å². The number of hydrogen-bond acceptors (Lipinski definition) is 8. The van der Waals surface area contributed by atoms with E-state index in [2.05, 4.69) is 54.7 Å². The Balaban J connectivity index is 1.26. The summed E-state index contributed by atoms with van der Waals surface area (Å²) >= 11 is 1.74. The lowest BCUT2D eigenvalue weighted by Gasteiger charge is -2.26. The van der Waals surface area contributed by atoms with Gasteiger partial charge in [-0.25, -0.2) is 14.5 Å². The summed E-state index contributed by atoms with van der Waals surface area (Å²) in [5.74, 6) is 1.72. The van der Waals surface area contributed by atoms with E-state index in [4.69, 9.17) is 14.5 Å². The predicted molar refractivity (Wildman–Crippen MR) is 155 cm³/mol. The summed E-state index contributed by atoms with van der Waals surface area (Å²) in [5.41, 5.74) is 2.53. The number of carbonyl (C=O) groups is 1. The van der Waals surface area contributed by atoms with Crippen molar-refractivity contribution in [3.63, 3.8) is 0 Å². The van der Waals surface area contributed by atoms with E-state index in [1.54, 1.807) is 11.3 Å². The summed E-state index contributed by atoms with van der Waals surface area (Å²) in [6, 6.07) is 6.71. The lowest BCUT2D eigenvalue weighted by atomic mass is 10.1. The third-order valence-electron chi connectivity index (χ3n) is 7.50. The molecule has 3 aliphatic rings. The number of anilines is 2. The molecular weight excluding hydrogens is 512 g/mol. The van der Waals surface area contributed by atoms with Gasteiger partial charge in [-0.1, -0.05) is 0 Å². The Morgan fingerprint density at radius 2 is 1.90 bits per heavy atom. The lowest BCUT2D eigenvalue weighted by molar-refractivity contribution is -0.0383. The molecule has 6 rings (SSSR count). The van der Waals surface area contributed by atoms with Gasteiger partial charge in [0.05, 0.1) is 26.5 Å². The van der Waals surface area contributed by atoms with Gasteiger partial charge in [0.2, 0.25) is 0 Å². The van der Waals surface area contributed by atoms with Gasteiger partial charge in [-0.15, -0.1) is 11.3 Å². The molecule has 10 heteroatoms. The Labute approximate surface area is 234 Å². The van der Waals surface area contributed by atoms with Crippen LogP contribution in [0.5, 0.6) is 0 Å². The molecule has 210 valence electrons. The Kier molecular flexibility index (Phi) is 6.53. The fraction of sp³-hybridized carbons (Fsp3) is 0.621. The van der Waals surface area contributed by atoms with Crippen LogP contribution in [0.2, 0.25) is 0 Å². The van der Waals surface area contributed by atoms with Crippen LogP contribution in [0, 0.1) is 11.8 Å². The van der Waals surface area contributed by atoms with E-state index in [1.165, 1.54) is 0 Å². The summed E-state index contributed by atoms with van der Waals surface area (Å²) in [7, 11) is 0. The van der Waals surface area contributed by atoms with Gasteiger partial charge < -0.3 is 25.0 Å². The third kappa shape index (κ3) is 5.59. The highest BCUT2D eigenvalue weighted by Gasteiger charge is 2.57. The largest absolute Gasteiger partial charge is 0.444 e. The minimum Gasteiger partial charge on any atom is -0.444 e. The van der Waals surface area contributed by atoms with Crippen molar-refractivity contribution in [1.29, 1.82) is 0 Å². The topological polar surface area (TPSA) is 93.5 Å². The summed E-state index contributed by atoms with van der Waals surface area (Å²) in [6.07, 6.45) is 4.88. The van der Waals surface area contributed by atoms with Crippen LogP contribution in [0.3, 0.4) is 0 Å². The molecule has 3 aromatic heterocycles. The first-order valence-electron chi connectivity index (χ1n) is 14.1. The molecule has 2 aliphatic heterocycles. The maximum absolute atomic E-state index is 12.6. The molecule has 3 unspecified atom stereocenters. The normalized spacial score (nSPS) is 25.0. The van der Waals surface area contributed by atoms with Crippen LogP contribution < -0.4 is 10.6 Å². The number of hydrogen-bond donors (Lipinski definition) is 2. The van der Waals surface area contributed by atoms with Crippen molar-refractivity contribution in [2.75, 3.05) is 30.3 Å². The summed E-state index contributed by atoms with van der Waals surface area (Å²) in [5, 5.41) is 12.0. The number of pyridine rings is 1. The second kappa shape index (κ2) is 9.66. The molecule has 1 amide bonds. The van der Waals surface area contributed by atoms with Crippen LogP contribution >= 0.6 is 11.3 Å². The van der Waals surface area contributed by atoms with Crippen molar-refractivity contribution in [2.24, 2.45) is 11.8 Å². The molecule has 1 saturated carbocycles. The van der Waals surface area contributed by atoms with E-state index >= 15 is 0 Å². The monoisotopic (exact) mass is 552 g/mol. The molecule has 0 radical (unpaired) electrons. The SMILES string of the molecule is CC(C)(C)Nc1cc(NC2C3CN(C(=O)OC(C)(C)C)CC32)c2sc(-c3ccnn3C3CCCCO3)cc2n1. The van der Waals surface area contributed by atoms with Gasteiger partial charge in [0.15, 0.2) is 6.23 Å². The molecule has 9 nitrogen and oxygen atoms in total. The number of aromatic nitrogens is 3. The second-order valence-corrected chi connectivity index (χ2v) is 14.2. The molecule has 2 N–H and O–H groups in total. The maximum atomic E-state index is 12.6. The van der Waals surface area contributed by atoms with E-state index < -0.39 is 5.60 Å². The van der Waals surface area contributed by atoms with Gasteiger partial charge in [-0.3, -0.25) is 0 Å². The standard InChI is InChI=1S/C29H40N6O3S/c1-28(2,3)33-23-14-20(32-25-17-15-34(16-18(17)25)27(36)38-29(4,5)6)26-19(31-23)13-22(39-26)21-10-11-30-35(21)24-9-7-8-12-37-24/h10-11,13-14,17-18,24-25H,7-9,12,15-16H2,1-6H3,(H2,31,32,33). The van der Waals surface area contributed by atoms with Crippen molar-refractivity contribution in [2.45, 2.75) is 84.2 Å². The first kappa shape index (κ1) is 26.4. The first-order valence-corrected chi connectivity index (χ1v) is 14.9. The highest BCUT2D eigenvalue weighted by atomic mass is 32.1. The van der Waals surface area contributed by atoms with Crippen molar-refractivity contribution >= 4 is 39.2 Å². The highest BCUT2D eigenvalue weighted by Crippen LogP contribution is 2.49. The fourth-order valence-corrected chi connectivity index (χ4v) is 6.85. The zero-order valence-electron chi connectivity index (χ0n) is 23.8. The number of nitrogens with zero attached hydrogens (tertiary/aromatic N) is 4. The number of carbonyl (C=O) groups excluding carboxylic acids is 1. The van der Waals surface area contributed by atoms with Gasteiger partial charge in [0, 0.05) is 55.4 Å². The third-order valence-corrected chi connectivity index (χ3v) is 8.68. The summed E-state index contributed by atoms with van der Waals surface area (Å²) < 4.78 is 14.8. The molecule has 1 aliphatic carbocycles. The molecular formula is C29H40N6O3S. The van der Waals surface area contributed by atoms with Gasteiger partial charge in [-0.05, 0) is 72.9 Å². The molecule has 0 spiro atoms. The van der Waals surface area contributed by atoms with Crippen LogP contribution in [0.15, 0.2) is 24.4 Å². The minimum absolute atomic E-state index is 0.0172. The number of ether oxygens (including phenoxy) is 2. The second-order valence-electron chi connectivity index (χ2n) is 13.1. The molecule has 3 aromatic rings. The van der Waals surface area contributed by atoms with Crippen molar-refractivity contribution < 1.29 is 14.3 Å². The average Bonchev–Trinajstić information content (AvgIpc) is 3.34. The lowest BCUT2D eigenvalue weighted by Crippen LogP contribution is -2.38. The van der Waals surface area contributed by atoms with Crippen LogP contribution in [0.4, 0.5) is 16.3 Å². The first-order chi connectivity index (χ1) is 18.4. The number of likely N-dealkylation sites (tertiary alicyclic amines) is 1. The van der Waals surface area contributed by atoms with E-state index in [0.717, 1.165) is 71.3 Å². The van der Waals surface area contributed by atoms with Crippen molar-refractivity contribution in [3.8, 4) is 10.6 Å². The fourth-order valence-electron chi connectivity index (χ4n) is 5.75. The Hall–Kier alpha value is -2.85. The van der Waals surface area contributed by atoms with Crippen LogP contribution in [0.25, 0.3) is 20.8 Å². The van der Waals surface area contributed by atoms with Crippen LogP contribution in [0.1, 0.15) is 67.0 Å². The number of amides is 1. The summed E-state index contributed by atoms with van der Waals surface area (Å²) in [6.45, 7) is 14.4. The maximum Gasteiger partial charge on any atom is 0.410 e. The van der Waals surface area contributed by atoms with Gasteiger partial charge in [0.1, 0.15) is 11.4 Å². The number of rotatable bonds is 5. The number of thiophene rings is 1. The molecule has 2 saturated heterocycles. The average molecular weight is 553 g/mol. The minimum atomic E-state index is -0.476. The van der Waals surface area contributed by atoms with Gasteiger partial charge in [-0.2, -0.15) is 5.10 Å². The predicted octanol–water partition coefficient (Wildman–Crippen LogP) is 6.35. The molecule has 5 heterocycles. The van der Waals surface area contributed by atoms with Gasteiger partial charge in [0.25, 0.3) is 0 Å². The smallest absolute Gasteiger partial charge is 0.410 e. The molecule has 0 aromatic carbocycles.